The molecule has 0 aliphatic carbocycles. The molecule has 0 aliphatic rings. The van der Waals surface area contributed by atoms with Crippen LogP contribution in [0.3, 0.4) is 0 Å². The Morgan fingerprint density at radius 3 is 2.46 bits per heavy atom. The summed E-state index contributed by atoms with van der Waals surface area (Å²) in [6, 6.07) is 12.0. The predicted molar refractivity (Wildman–Crippen MR) is 100.0 cm³/mol. The fourth-order valence-corrected chi connectivity index (χ4v) is 3.01. The minimum Gasteiger partial charge on any atom is -0.361 e. The number of unbranched alkanes of at least 4 members (excludes halogenated alkanes) is 1. The first kappa shape index (κ1) is 19.9. The van der Waals surface area contributed by atoms with E-state index in [0.29, 0.717) is 30.3 Å². The highest BCUT2D eigenvalue weighted by Gasteiger charge is 2.32. The molecule has 0 aliphatic heterocycles. The summed E-state index contributed by atoms with van der Waals surface area (Å²) in [5.41, 5.74) is -0.519. The summed E-state index contributed by atoms with van der Waals surface area (Å²) in [4.78, 5) is 12.7. The lowest BCUT2D eigenvalue weighted by atomic mass is 10.1. The van der Waals surface area contributed by atoms with Gasteiger partial charge in [0, 0.05) is 13.1 Å². The van der Waals surface area contributed by atoms with Gasteiger partial charge in [-0.1, -0.05) is 30.3 Å². The molecule has 3 aromatic rings. The lowest BCUT2D eigenvalue weighted by Gasteiger charge is -2.15. The van der Waals surface area contributed by atoms with Crippen LogP contribution in [0.1, 0.15) is 24.0 Å². The SMILES string of the molecule is O=c1c(NCc2ccccc2C(F)(F)F)nn(CCCCF)c2ccccc12. The smallest absolute Gasteiger partial charge is 0.361 e. The van der Waals surface area contributed by atoms with Crippen molar-refractivity contribution in [2.45, 2.75) is 32.1 Å². The number of fused-ring (bicyclic) bond motifs is 1. The third-order valence-corrected chi connectivity index (χ3v) is 4.39. The Bertz CT molecular complexity index is 1010. The number of benzene rings is 2. The highest BCUT2D eigenvalue weighted by Crippen LogP contribution is 2.32. The molecule has 0 fully saturated rings. The summed E-state index contributed by atoms with van der Waals surface area (Å²) in [5, 5.41) is 7.42. The van der Waals surface area contributed by atoms with E-state index in [4.69, 9.17) is 0 Å². The molecule has 1 N–H and O–H groups in total. The van der Waals surface area contributed by atoms with Crippen LogP contribution in [0.5, 0.6) is 0 Å². The van der Waals surface area contributed by atoms with Crippen molar-refractivity contribution in [1.29, 1.82) is 0 Å². The zero-order valence-corrected chi connectivity index (χ0v) is 15.0. The first-order chi connectivity index (χ1) is 13.4. The van der Waals surface area contributed by atoms with Crippen molar-refractivity contribution in [2.24, 2.45) is 0 Å². The third-order valence-electron chi connectivity index (χ3n) is 4.39. The van der Waals surface area contributed by atoms with Gasteiger partial charge >= 0.3 is 6.18 Å². The predicted octanol–water partition coefficient (Wildman–Crippen LogP) is 4.78. The van der Waals surface area contributed by atoms with E-state index in [1.165, 1.54) is 18.2 Å². The molecule has 1 aromatic heterocycles. The average Bonchev–Trinajstić information content (AvgIpc) is 2.68. The molecule has 3 rings (SSSR count). The van der Waals surface area contributed by atoms with E-state index in [9.17, 15) is 22.4 Å². The van der Waals surface area contributed by atoms with E-state index in [1.807, 2.05) is 0 Å². The van der Waals surface area contributed by atoms with E-state index in [2.05, 4.69) is 10.4 Å². The van der Waals surface area contributed by atoms with Gasteiger partial charge in [-0.25, -0.2) is 0 Å². The van der Waals surface area contributed by atoms with Crippen molar-refractivity contribution in [2.75, 3.05) is 12.0 Å². The van der Waals surface area contributed by atoms with E-state index >= 15 is 0 Å². The van der Waals surface area contributed by atoms with Crippen LogP contribution in [0, 0.1) is 0 Å². The van der Waals surface area contributed by atoms with Crippen LogP contribution < -0.4 is 10.7 Å². The van der Waals surface area contributed by atoms with Gasteiger partial charge in [-0.3, -0.25) is 13.9 Å². The molecular formula is C20H19F4N3O. The van der Waals surface area contributed by atoms with Crippen molar-refractivity contribution >= 4 is 16.7 Å². The van der Waals surface area contributed by atoms with Gasteiger partial charge in [-0.15, -0.1) is 0 Å². The van der Waals surface area contributed by atoms with Crippen LogP contribution >= 0.6 is 0 Å². The van der Waals surface area contributed by atoms with Gasteiger partial charge < -0.3 is 5.32 Å². The highest BCUT2D eigenvalue weighted by molar-refractivity contribution is 5.80. The van der Waals surface area contributed by atoms with E-state index in [0.717, 1.165) is 6.07 Å². The summed E-state index contributed by atoms with van der Waals surface area (Å²) < 4.78 is 53.5. The first-order valence-electron chi connectivity index (χ1n) is 8.86. The van der Waals surface area contributed by atoms with Crippen LogP contribution in [0.2, 0.25) is 0 Å². The maximum atomic E-state index is 13.2. The number of para-hydroxylation sites is 1. The standard InChI is InChI=1S/C20H19F4N3O/c21-11-5-6-12-27-17-10-4-2-8-15(17)18(28)19(26-27)25-13-14-7-1-3-9-16(14)20(22,23)24/h1-4,7-10H,5-6,11-13H2,(H,25,26). The summed E-state index contributed by atoms with van der Waals surface area (Å²) >= 11 is 0. The average molecular weight is 393 g/mol. The fraction of sp³-hybridized carbons (Fsp3) is 0.300. The monoisotopic (exact) mass is 393 g/mol. The van der Waals surface area contributed by atoms with E-state index in [1.54, 1.807) is 28.9 Å². The molecule has 1 heterocycles. The number of rotatable bonds is 7. The molecule has 0 saturated carbocycles. The van der Waals surface area contributed by atoms with Crippen LogP contribution in [-0.2, 0) is 19.3 Å². The van der Waals surface area contributed by atoms with Crippen molar-refractivity contribution in [3.05, 3.63) is 69.9 Å². The fourth-order valence-electron chi connectivity index (χ4n) is 3.01. The third kappa shape index (κ3) is 4.32. The molecule has 0 saturated heterocycles. The van der Waals surface area contributed by atoms with Crippen LogP contribution in [0.25, 0.3) is 10.9 Å². The number of nitrogens with one attached hydrogen (secondary N) is 1. The molecule has 8 heteroatoms. The van der Waals surface area contributed by atoms with Gasteiger partial charge in [0.1, 0.15) is 0 Å². The molecule has 0 radical (unpaired) electrons. The Morgan fingerprint density at radius 2 is 1.71 bits per heavy atom. The number of aromatic nitrogens is 2. The van der Waals surface area contributed by atoms with Crippen LogP contribution in [0.15, 0.2) is 53.3 Å². The van der Waals surface area contributed by atoms with E-state index in [-0.39, 0.29) is 23.4 Å². The normalized spacial score (nSPS) is 11.7. The molecule has 0 atom stereocenters. The second kappa shape index (κ2) is 8.41. The Hall–Kier alpha value is -2.90. The largest absolute Gasteiger partial charge is 0.416 e. The summed E-state index contributed by atoms with van der Waals surface area (Å²) in [7, 11) is 0. The van der Waals surface area contributed by atoms with Gasteiger partial charge in [0.05, 0.1) is 23.1 Å². The Morgan fingerprint density at radius 1 is 1.00 bits per heavy atom. The molecule has 4 nitrogen and oxygen atoms in total. The van der Waals surface area contributed by atoms with Gasteiger partial charge in [0.15, 0.2) is 5.82 Å². The number of hydrogen-bond donors (Lipinski definition) is 1. The van der Waals surface area contributed by atoms with Crippen molar-refractivity contribution in [3.63, 3.8) is 0 Å². The lowest BCUT2D eigenvalue weighted by Crippen LogP contribution is -2.21. The molecule has 0 bridgehead atoms. The molecule has 0 unspecified atom stereocenters. The maximum Gasteiger partial charge on any atom is 0.416 e. The van der Waals surface area contributed by atoms with Crippen LogP contribution in [-0.4, -0.2) is 16.5 Å². The minimum atomic E-state index is -4.48. The number of alkyl halides is 4. The van der Waals surface area contributed by atoms with Crippen molar-refractivity contribution < 1.29 is 17.6 Å². The van der Waals surface area contributed by atoms with Crippen LogP contribution in [0.4, 0.5) is 23.4 Å². The van der Waals surface area contributed by atoms with Crippen molar-refractivity contribution in [3.8, 4) is 0 Å². The number of aryl methyl sites for hydroxylation is 1. The number of nitrogens with zero attached hydrogens (tertiary/aromatic N) is 2. The molecule has 148 valence electrons. The molecule has 0 spiro atoms. The number of hydrogen-bond acceptors (Lipinski definition) is 3. The Labute approximate surface area is 158 Å². The maximum absolute atomic E-state index is 13.2. The zero-order chi connectivity index (χ0) is 20.1. The quantitative estimate of drug-likeness (QED) is 0.464. The van der Waals surface area contributed by atoms with Gasteiger partial charge in [-0.05, 0) is 36.6 Å². The molecule has 28 heavy (non-hydrogen) atoms. The molecule has 2 aromatic carbocycles. The van der Waals surface area contributed by atoms with Crippen molar-refractivity contribution in [1.82, 2.24) is 9.78 Å². The summed E-state index contributed by atoms with van der Waals surface area (Å²) in [6.07, 6.45) is -3.59. The number of halogens is 4. The first-order valence-corrected chi connectivity index (χ1v) is 8.86. The molecular weight excluding hydrogens is 374 g/mol. The highest BCUT2D eigenvalue weighted by atomic mass is 19.4. The summed E-state index contributed by atoms with van der Waals surface area (Å²) in [6.45, 7) is -0.239. The molecule has 0 amide bonds. The topological polar surface area (TPSA) is 46.9 Å². The lowest BCUT2D eigenvalue weighted by molar-refractivity contribution is -0.138. The summed E-state index contributed by atoms with van der Waals surface area (Å²) in [5.74, 6) is -0.0315. The van der Waals surface area contributed by atoms with Gasteiger partial charge in [0.25, 0.3) is 0 Å². The zero-order valence-electron chi connectivity index (χ0n) is 15.0. The van der Waals surface area contributed by atoms with Gasteiger partial charge in [0.2, 0.25) is 5.43 Å². The second-order valence-electron chi connectivity index (χ2n) is 6.32. The Balaban J connectivity index is 1.94. The second-order valence-corrected chi connectivity index (χ2v) is 6.32. The number of anilines is 1. The van der Waals surface area contributed by atoms with Gasteiger partial charge in [-0.2, -0.15) is 18.3 Å². The Kier molecular flexibility index (Phi) is 5.96. The van der Waals surface area contributed by atoms with E-state index < -0.39 is 18.4 Å². The minimum absolute atomic E-state index is 0.0216.